The van der Waals surface area contributed by atoms with E-state index in [-0.39, 0.29) is 12.1 Å². The van der Waals surface area contributed by atoms with Gasteiger partial charge in [0.15, 0.2) is 11.4 Å². The number of β-amino-alcohol motifs (C(OH)–C–C–N with tert-alkyl or cyclic N) is 1. The van der Waals surface area contributed by atoms with Crippen molar-refractivity contribution in [2.24, 2.45) is 5.92 Å². The Bertz CT molecular complexity index is 2870. The normalized spacial score (nSPS) is 20.8. The SMILES string of the molecule is Cc1c(Nc2nccc3cc(CN4CC[C@@H](O)C4)cnc23)cccc1-c1cccc(-c2nc3cc4c(c(C#N)c3o2)CC[C@H]4N2CC[C@@H](C(=O)NS(=O)(=O)C3CC3)C2)c1Cl. The van der Waals surface area contributed by atoms with E-state index in [9.17, 15) is 23.6 Å². The van der Waals surface area contributed by atoms with E-state index < -0.39 is 27.1 Å². The maximum absolute atomic E-state index is 13.0. The molecule has 15 heteroatoms. The highest BCUT2D eigenvalue weighted by atomic mass is 35.5. The van der Waals surface area contributed by atoms with Crippen LogP contribution >= 0.6 is 11.6 Å². The molecule has 0 spiro atoms. The van der Waals surface area contributed by atoms with Gasteiger partial charge in [-0.05, 0) is 110 Å². The average Bonchev–Trinajstić information content (AvgIpc) is 3.50. The van der Waals surface area contributed by atoms with Gasteiger partial charge in [0.2, 0.25) is 21.8 Å². The number of aliphatic hydroxyl groups excluding tert-OH is 1. The molecule has 1 saturated carbocycles. The van der Waals surface area contributed by atoms with Crippen LogP contribution in [0.5, 0.6) is 0 Å². The standard InChI is InChI=1S/C45H43ClN8O5S/c1-25-31(4-3-7-37(25)50-43-41-27(12-15-48-43)18-26(21-49-41)22-53-16-14-29(55)24-53)33-5-2-6-34(40(33)46)45-51-38-19-35-32(36(20-47)42(38)59-45)10-11-39(35)54-17-13-28(23-54)44(56)52-60(57,58)30-8-9-30/h2-7,12,15,18-19,21,28-30,39,55H,8-11,13-14,16-17,22-24H2,1H3,(H,48,50)(H,52,56)/t28-,29-,39-/m1/s1. The van der Waals surface area contributed by atoms with Crippen LogP contribution in [0.25, 0.3) is 44.6 Å². The molecule has 1 amide bonds. The molecule has 60 heavy (non-hydrogen) atoms. The summed E-state index contributed by atoms with van der Waals surface area (Å²) in [6.07, 6.45) is 7.39. The lowest BCUT2D eigenvalue weighted by Crippen LogP contribution is -2.38. The number of benzene rings is 3. The Morgan fingerprint density at radius 3 is 2.63 bits per heavy atom. The summed E-state index contributed by atoms with van der Waals surface area (Å²) >= 11 is 7.23. The first-order chi connectivity index (χ1) is 29.0. The monoisotopic (exact) mass is 842 g/mol. The molecule has 3 aromatic carbocycles. The van der Waals surface area contributed by atoms with Gasteiger partial charge >= 0.3 is 0 Å². The molecule has 4 aliphatic rings. The molecule has 10 rings (SSSR count). The number of anilines is 2. The van der Waals surface area contributed by atoms with E-state index in [0.29, 0.717) is 84.3 Å². The smallest absolute Gasteiger partial charge is 0.237 e. The molecule has 2 aliphatic heterocycles. The van der Waals surface area contributed by atoms with Crippen molar-refractivity contribution in [3.05, 3.63) is 99.8 Å². The van der Waals surface area contributed by atoms with Crippen LogP contribution in [0.2, 0.25) is 5.02 Å². The molecule has 0 unspecified atom stereocenters. The van der Waals surface area contributed by atoms with E-state index in [1.165, 1.54) is 0 Å². The number of amides is 1. The molecular weight excluding hydrogens is 800 g/mol. The van der Waals surface area contributed by atoms with Gasteiger partial charge < -0.3 is 14.8 Å². The maximum Gasteiger partial charge on any atom is 0.237 e. The number of nitrogens with one attached hydrogen (secondary N) is 2. The molecule has 0 bridgehead atoms. The Morgan fingerprint density at radius 2 is 1.83 bits per heavy atom. The van der Waals surface area contributed by atoms with Crippen LogP contribution in [0, 0.1) is 24.2 Å². The Hall–Kier alpha value is -5.43. The maximum atomic E-state index is 13.0. The number of pyridine rings is 2. The first-order valence-corrected chi connectivity index (χ1v) is 22.4. The van der Waals surface area contributed by atoms with Crippen LogP contribution in [-0.2, 0) is 27.8 Å². The van der Waals surface area contributed by atoms with E-state index in [1.54, 1.807) is 6.20 Å². The minimum absolute atomic E-state index is 0.0294. The van der Waals surface area contributed by atoms with Crippen LogP contribution in [0.15, 0.2) is 71.4 Å². The number of sulfonamides is 1. The quantitative estimate of drug-likeness (QED) is 0.127. The number of rotatable bonds is 10. The fourth-order valence-corrected chi connectivity index (χ4v) is 11.0. The van der Waals surface area contributed by atoms with Crippen molar-refractivity contribution in [1.82, 2.24) is 29.5 Å². The third-order valence-electron chi connectivity index (χ3n) is 12.6. The summed E-state index contributed by atoms with van der Waals surface area (Å²) in [5.74, 6) is 0.0944. The summed E-state index contributed by atoms with van der Waals surface area (Å²) in [7, 11) is -3.61. The number of oxazole rings is 1. The van der Waals surface area contributed by atoms with Crippen molar-refractivity contribution < 1.29 is 22.7 Å². The van der Waals surface area contributed by atoms with Gasteiger partial charge in [-0.25, -0.2) is 18.4 Å². The lowest BCUT2D eigenvalue weighted by Gasteiger charge is -2.24. The molecule has 6 aromatic rings. The number of likely N-dealkylation sites (tertiary alicyclic amines) is 2. The molecule has 0 radical (unpaired) electrons. The van der Waals surface area contributed by atoms with Crippen molar-refractivity contribution in [2.75, 3.05) is 31.5 Å². The van der Waals surface area contributed by atoms with E-state index in [0.717, 1.165) is 75.9 Å². The third-order valence-corrected chi connectivity index (χ3v) is 14.9. The van der Waals surface area contributed by atoms with Gasteiger partial charge in [-0.2, -0.15) is 5.26 Å². The summed E-state index contributed by atoms with van der Waals surface area (Å²) in [5.41, 5.74) is 9.27. The highest BCUT2D eigenvalue weighted by Gasteiger charge is 2.41. The Morgan fingerprint density at radius 1 is 1.02 bits per heavy atom. The number of halogens is 1. The molecule has 13 nitrogen and oxygen atoms in total. The zero-order chi connectivity index (χ0) is 41.3. The fraction of sp³-hybridized carbons (Fsp3) is 0.356. The van der Waals surface area contributed by atoms with Gasteiger partial charge in [0.05, 0.1) is 27.9 Å². The van der Waals surface area contributed by atoms with Crippen molar-refractivity contribution >= 4 is 61.0 Å². The Kier molecular flexibility index (Phi) is 9.84. The minimum atomic E-state index is -3.61. The number of hydrogen-bond acceptors (Lipinski definition) is 12. The summed E-state index contributed by atoms with van der Waals surface area (Å²) in [6.45, 7) is 5.40. The molecule has 3 N–H and O–H groups in total. The van der Waals surface area contributed by atoms with E-state index in [4.69, 9.17) is 26.0 Å². The second-order valence-electron chi connectivity index (χ2n) is 16.6. The second kappa shape index (κ2) is 15.2. The van der Waals surface area contributed by atoms with Crippen molar-refractivity contribution in [3.8, 4) is 28.7 Å². The van der Waals surface area contributed by atoms with Crippen molar-refractivity contribution in [1.29, 1.82) is 5.26 Å². The van der Waals surface area contributed by atoms with Crippen LogP contribution in [0.3, 0.4) is 0 Å². The number of nitrogens with zero attached hydrogens (tertiary/aromatic N) is 6. The highest BCUT2D eigenvalue weighted by molar-refractivity contribution is 7.90. The summed E-state index contributed by atoms with van der Waals surface area (Å²) < 4.78 is 33.6. The molecule has 3 atom stereocenters. The summed E-state index contributed by atoms with van der Waals surface area (Å²) in [4.78, 5) is 31.8. The zero-order valence-corrected chi connectivity index (χ0v) is 34.6. The minimum Gasteiger partial charge on any atom is -0.435 e. The first kappa shape index (κ1) is 38.8. The van der Waals surface area contributed by atoms with Crippen LogP contribution in [0.4, 0.5) is 11.5 Å². The van der Waals surface area contributed by atoms with E-state index in [2.05, 4.69) is 37.0 Å². The van der Waals surface area contributed by atoms with Crippen molar-refractivity contribution in [2.45, 2.75) is 69.4 Å². The van der Waals surface area contributed by atoms with Crippen LogP contribution in [-0.4, -0.2) is 81.7 Å². The lowest BCUT2D eigenvalue weighted by molar-refractivity contribution is -0.122. The van der Waals surface area contributed by atoms with Gasteiger partial charge in [0.1, 0.15) is 22.7 Å². The highest BCUT2D eigenvalue weighted by Crippen LogP contribution is 2.45. The molecule has 3 aromatic heterocycles. The number of carbonyl (C=O) groups excluding carboxylic acids is 1. The van der Waals surface area contributed by atoms with Crippen LogP contribution in [0.1, 0.15) is 66.0 Å². The number of nitriles is 1. The van der Waals surface area contributed by atoms with Gasteiger partial charge in [0, 0.05) is 61.3 Å². The predicted octanol–water partition coefficient (Wildman–Crippen LogP) is 7.17. The number of fused-ring (bicyclic) bond motifs is 3. The van der Waals surface area contributed by atoms with E-state index in [1.807, 2.05) is 61.7 Å². The topological polar surface area (TPSA) is 178 Å². The molecule has 306 valence electrons. The number of aliphatic hydroxyl groups is 1. The van der Waals surface area contributed by atoms with Crippen LogP contribution < -0.4 is 10.0 Å². The van der Waals surface area contributed by atoms with Gasteiger partial charge in [-0.15, -0.1) is 0 Å². The zero-order valence-electron chi connectivity index (χ0n) is 33.0. The largest absolute Gasteiger partial charge is 0.435 e. The summed E-state index contributed by atoms with van der Waals surface area (Å²) in [6, 6.07) is 20.2. The first-order valence-electron chi connectivity index (χ1n) is 20.5. The molecule has 2 saturated heterocycles. The van der Waals surface area contributed by atoms with E-state index >= 15 is 0 Å². The van der Waals surface area contributed by atoms with Gasteiger partial charge in [0.25, 0.3) is 0 Å². The third kappa shape index (κ3) is 7.08. The summed E-state index contributed by atoms with van der Waals surface area (Å²) in [5, 5.41) is 24.9. The molecule has 3 fully saturated rings. The Labute approximate surface area is 352 Å². The lowest BCUT2D eigenvalue weighted by atomic mass is 9.97. The molecule has 2 aliphatic carbocycles. The van der Waals surface area contributed by atoms with Gasteiger partial charge in [-0.3, -0.25) is 24.3 Å². The second-order valence-corrected chi connectivity index (χ2v) is 18.9. The number of aromatic nitrogens is 3. The number of carbonyl (C=O) groups is 1. The van der Waals surface area contributed by atoms with Gasteiger partial charge in [-0.1, -0.05) is 35.9 Å². The molecular formula is C45H43ClN8O5S. The fourth-order valence-electron chi connectivity index (χ4n) is 9.30. The average molecular weight is 843 g/mol. The number of hydrogen-bond donors (Lipinski definition) is 3. The predicted molar refractivity (Wildman–Crippen MR) is 229 cm³/mol. The Balaban J connectivity index is 0.908. The van der Waals surface area contributed by atoms with Crippen molar-refractivity contribution in [3.63, 3.8) is 0 Å². The molecule has 5 heterocycles.